The maximum Gasteiger partial charge on any atom is 0.306 e. The Morgan fingerprint density at radius 2 is 1.48 bits per heavy atom. The van der Waals surface area contributed by atoms with Crippen molar-refractivity contribution in [3.63, 3.8) is 0 Å². The lowest BCUT2D eigenvalue weighted by Gasteiger charge is -2.06. The van der Waals surface area contributed by atoms with Crippen molar-refractivity contribution < 1.29 is 19.1 Å². The first-order chi connectivity index (χ1) is 11.1. The molecule has 1 aromatic carbocycles. The van der Waals surface area contributed by atoms with E-state index in [0.717, 1.165) is 24.0 Å². The van der Waals surface area contributed by atoms with Gasteiger partial charge in [-0.3, -0.25) is 9.59 Å². The van der Waals surface area contributed by atoms with Crippen LogP contribution in [0.4, 0.5) is 0 Å². The first-order valence-corrected chi connectivity index (χ1v) is 8.48. The van der Waals surface area contributed by atoms with Gasteiger partial charge in [0.2, 0.25) is 0 Å². The van der Waals surface area contributed by atoms with Crippen molar-refractivity contribution in [1.82, 2.24) is 0 Å². The minimum Gasteiger partial charge on any atom is -0.466 e. The third kappa shape index (κ3) is 9.72. The van der Waals surface area contributed by atoms with Gasteiger partial charge in [0.25, 0.3) is 0 Å². The molecule has 0 atom stereocenters. The van der Waals surface area contributed by atoms with E-state index in [1.54, 1.807) is 0 Å². The molecule has 1 rings (SSSR count). The van der Waals surface area contributed by atoms with Gasteiger partial charge in [-0.15, -0.1) is 0 Å². The van der Waals surface area contributed by atoms with Crippen molar-refractivity contribution in [3.05, 3.63) is 35.4 Å². The van der Waals surface area contributed by atoms with Crippen molar-refractivity contribution in [2.75, 3.05) is 6.61 Å². The number of rotatable bonds is 11. The van der Waals surface area contributed by atoms with Gasteiger partial charge in [-0.05, 0) is 18.9 Å². The third-order valence-corrected chi connectivity index (χ3v) is 3.56. The van der Waals surface area contributed by atoms with E-state index < -0.39 is 0 Å². The smallest absolute Gasteiger partial charge is 0.306 e. The average molecular weight is 320 g/mol. The van der Waals surface area contributed by atoms with Crippen molar-refractivity contribution in [1.29, 1.82) is 0 Å². The second kappa shape index (κ2) is 11.7. The van der Waals surface area contributed by atoms with Crippen LogP contribution < -0.4 is 0 Å². The fraction of sp³-hybridized carbons (Fsp3) is 0.579. The van der Waals surface area contributed by atoms with Crippen LogP contribution in [0.2, 0.25) is 0 Å². The summed E-state index contributed by atoms with van der Waals surface area (Å²) in [5.74, 6) is -0.696. The Morgan fingerprint density at radius 1 is 0.870 bits per heavy atom. The predicted octanol–water partition coefficient (Wildman–Crippen LogP) is 4.33. The summed E-state index contributed by atoms with van der Waals surface area (Å²) in [6.07, 6.45) is 5.73. The molecule has 0 saturated heterocycles. The number of hydrogen-bond acceptors (Lipinski definition) is 4. The maximum absolute atomic E-state index is 11.6. The third-order valence-electron chi connectivity index (χ3n) is 3.56. The normalized spacial score (nSPS) is 10.3. The number of aryl methyl sites for hydroxylation is 1. The molecule has 0 aliphatic heterocycles. The number of carbonyl (C=O) groups is 2. The molecule has 0 radical (unpaired) electrons. The van der Waals surface area contributed by atoms with Gasteiger partial charge in [-0.1, -0.05) is 62.4 Å². The van der Waals surface area contributed by atoms with E-state index in [9.17, 15) is 9.59 Å². The number of carbonyl (C=O) groups excluding carboxylic acids is 2. The number of unbranched alkanes of at least 4 members (excludes halogenated alkanes) is 4. The van der Waals surface area contributed by atoms with E-state index >= 15 is 0 Å². The highest BCUT2D eigenvalue weighted by atomic mass is 16.5. The zero-order valence-electron chi connectivity index (χ0n) is 14.3. The molecule has 0 aromatic heterocycles. The van der Waals surface area contributed by atoms with E-state index in [0.29, 0.717) is 6.61 Å². The highest BCUT2D eigenvalue weighted by Crippen LogP contribution is 2.06. The maximum atomic E-state index is 11.6. The Bertz CT molecular complexity index is 465. The van der Waals surface area contributed by atoms with Crippen LogP contribution in [0.5, 0.6) is 0 Å². The monoisotopic (exact) mass is 320 g/mol. The van der Waals surface area contributed by atoms with Crippen LogP contribution in [0.1, 0.15) is 63.0 Å². The van der Waals surface area contributed by atoms with Gasteiger partial charge in [0.15, 0.2) is 0 Å². The molecule has 0 amide bonds. The van der Waals surface area contributed by atoms with Crippen LogP contribution >= 0.6 is 0 Å². The highest BCUT2D eigenvalue weighted by Gasteiger charge is 2.09. The number of hydrogen-bond donors (Lipinski definition) is 0. The Morgan fingerprint density at radius 3 is 2.13 bits per heavy atom. The number of benzene rings is 1. The summed E-state index contributed by atoms with van der Waals surface area (Å²) in [5, 5.41) is 0. The summed E-state index contributed by atoms with van der Waals surface area (Å²) in [4.78, 5) is 23.1. The molecule has 0 aliphatic rings. The molecule has 0 heterocycles. The molecule has 0 bridgehead atoms. The molecule has 4 heteroatoms. The Kier molecular flexibility index (Phi) is 9.76. The Hall–Kier alpha value is -1.84. The first kappa shape index (κ1) is 19.2. The average Bonchev–Trinajstić information content (AvgIpc) is 2.55. The second-order valence-electron chi connectivity index (χ2n) is 5.78. The van der Waals surface area contributed by atoms with Gasteiger partial charge >= 0.3 is 11.9 Å². The summed E-state index contributed by atoms with van der Waals surface area (Å²) in [7, 11) is 0. The first-order valence-electron chi connectivity index (χ1n) is 8.48. The molecule has 0 unspecified atom stereocenters. The van der Waals surface area contributed by atoms with E-state index in [4.69, 9.17) is 9.47 Å². The predicted molar refractivity (Wildman–Crippen MR) is 89.9 cm³/mol. The zero-order valence-corrected chi connectivity index (χ0v) is 14.3. The molecular weight excluding hydrogens is 292 g/mol. The minimum atomic E-state index is -0.370. The lowest BCUT2D eigenvalue weighted by atomic mass is 10.2. The van der Waals surface area contributed by atoms with Crippen molar-refractivity contribution in [2.24, 2.45) is 0 Å². The summed E-state index contributed by atoms with van der Waals surface area (Å²) < 4.78 is 10.2. The van der Waals surface area contributed by atoms with Crippen molar-refractivity contribution in [2.45, 2.75) is 65.4 Å². The molecule has 0 N–H and O–H groups in total. The van der Waals surface area contributed by atoms with Crippen LogP contribution in [0.3, 0.4) is 0 Å². The topological polar surface area (TPSA) is 52.6 Å². The molecule has 128 valence electrons. The lowest BCUT2D eigenvalue weighted by molar-refractivity contribution is -0.151. The quantitative estimate of drug-likeness (QED) is 0.450. The second-order valence-corrected chi connectivity index (χ2v) is 5.78. The van der Waals surface area contributed by atoms with E-state index in [1.807, 2.05) is 31.2 Å². The summed E-state index contributed by atoms with van der Waals surface area (Å²) in [6.45, 7) is 4.86. The fourth-order valence-electron chi connectivity index (χ4n) is 2.09. The van der Waals surface area contributed by atoms with Crippen LogP contribution in [-0.2, 0) is 25.7 Å². The number of esters is 2. The van der Waals surface area contributed by atoms with Gasteiger partial charge in [0.05, 0.1) is 19.4 Å². The summed E-state index contributed by atoms with van der Waals surface area (Å²) in [5.41, 5.74) is 2.11. The van der Waals surface area contributed by atoms with E-state index in [-0.39, 0.29) is 31.4 Å². The van der Waals surface area contributed by atoms with Crippen LogP contribution in [-0.4, -0.2) is 18.5 Å². The SMILES string of the molecule is CCCCCCCOC(=O)CCC(=O)OCc1ccc(C)cc1. The van der Waals surface area contributed by atoms with Crippen molar-refractivity contribution in [3.8, 4) is 0 Å². The van der Waals surface area contributed by atoms with Crippen LogP contribution in [0.25, 0.3) is 0 Å². The fourth-order valence-corrected chi connectivity index (χ4v) is 2.09. The summed E-state index contributed by atoms with van der Waals surface area (Å²) >= 11 is 0. The molecular formula is C19H28O4. The largest absolute Gasteiger partial charge is 0.466 e. The molecule has 4 nitrogen and oxygen atoms in total. The molecule has 0 fully saturated rings. The van der Waals surface area contributed by atoms with E-state index in [2.05, 4.69) is 6.92 Å². The van der Waals surface area contributed by atoms with Gasteiger partial charge in [0.1, 0.15) is 6.61 Å². The van der Waals surface area contributed by atoms with Crippen LogP contribution in [0.15, 0.2) is 24.3 Å². The standard InChI is InChI=1S/C19H28O4/c1-3-4-5-6-7-14-22-18(20)12-13-19(21)23-15-17-10-8-16(2)9-11-17/h8-11H,3-7,12-15H2,1-2H3. The van der Waals surface area contributed by atoms with Gasteiger partial charge in [-0.25, -0.2) is 0 Å². The van der Waals surface area contributed by atoms with Crippen LogP contribution in [0, 0.1) is 6.92 Å². The Balaban J connectivity index is 2.06. The number of ether oxygens (including phenoxy) is 2. The van der Waals surface area contributed by atoms with Gasteiger partial charge < -0.3 is 9.47 Å². The van der Waals surface area contributed by atoms with E-state index in [1.165, 1.54) is 19.3 Å². The lowest BCUT2D eigenvalue weighted by Crippen LogP contribution is -2.11. The molecule has 1 aromatic rings. The zero-order chi connectivity index (χ0) is 16.9. The molecule has 0 aliphatic carbocycles. The molecule has 23 heavy (non-hydrogen) atoms. The molecule has 0 saturated carbocycles. The van der Waals surface area contributed by atoms with Crippen molar-refractivity contribution >= 4 is 11.9 Å². The van der Waals surface area contributed by atoms with Gasteiger partial charge in [0, 0.05) is 0 Å². The highest BCUT2D eigenvalue weighted by molar-refractivity contribution is 5.77. The Labute approximate surface area is 139 Å². The minimum absolute atomic E-state index is 0.0700. The molecule has 0 spiro atoms. The van der Waals surface area contributed by atoms with Gasteiger partial charge in [-0.2, -0.15) is 0 Å². The summed E-state index contributed by atoms with van der Waals surface area (Å²) in [6, 6.07) is 7.80.